The van der Waals surface area contributed by atoms with Crippen LogP contribution in [0.2, 0.25) is 5.02 Å². The topological polar surface area (TPSA) is 111 Å². The third-order valence-electron chi connectivity index (χ3n) is 8.99. The van der Waals surface area contributed by atoms with Crippen molar-refractivity contribution in [2.45, 2.75) is 69.7 Å². The summed E-state index contributed by atoms with van der Waals surface area (Å²) in [6.45, 7) is 3.35. The van der Waals surface area contributed by atoms with Crippen LogP contribution in [0.1, 0.15) is 49.3 Å². The maximum Gasteiger partial charge on any atom is 0.416 e. The lowest BCUT2D eigenvalue weighted by Gasteiger charge is -2.32. The highest BCUT2D eigenvalue weighted by Crippen LogP contribution is 2.39. The number of aliphatic hydroxyl groups is 1. The van der Waals surface area contributed by atoms with Crippen molar-refractivity contribution in [2.75, 3.05) is 52.4 Å². The number of aromatic nitrogens is 4. The summed E-state index contributed by atoms with van der Waals surface area (Å²) in [5.41, 5.74) is -2.76. The second-order valence-electron chi connectivity index (χ2n) is 12.2. The average Bonchev–Trinajstić information content (AvgIpc) is 3.69. The van der Waals surface area contributed by atoms with E-state index in [1.807, 2.05) is 16.7 Å². The second kappa shape index (κ2) is 13.7. The molecular formula is C31H33ClF6N8O3. The lowest BCUT2D eigenvalue weighted by atomic mass is 10.0. The Morgan fingerprint density at radius 2 is 1.63 bits per heavy atom. The molecule has 2 aromatic heterocycles. The van der Waals surface area contributed by atoms with Gasteiger partial charge in [-0.05, 0) is 49.4 Å². The molecule has 18 heteroatoms. The van der Waals surface area contributed by atoms with Crippen LogP contribution in [-0.4, -0.2) is 82.1 Å². The van der Waals surface area contributed by atoms with E-state index in [-0.39, 0.29) is 54.9 Å². The van der Waals surface area contributed by atoms with Crippen LogP contribution in [0.5, 0.6) is 0 Å². The maximum atomic E-state index is 13.8. The number of amides is 1. The number of nitrogens with zero attached hydrogens (tertiary/aromatic N) is 8. The summed E-state index contributed by atoms with van der Waals surface area (Å²) in [4.78, 5) is 36.9. The van der Waals surface area contributed by atoms with Crippen LogP contribution in [0.4, 0.5) is 54.5 Å². The number of anilines is 4. The molecule has 2 atom stereocenters. The zero-order chi connectivity index (χ0) is 35.1. The Morgan fingerprint density at radius 1 is 0.980 bits per heavy atom. The quantitative estimate of drug-likeness (QED) is 0.282. The van der Waals surface area contributed by atoms with Crippen LogP contribution in [0.25, 0.3) is 0 Å². The lowest BCUT2D eigenvalue weighted by Crippen LogP contribution is -2.39. The maximum absolute atomic E-state index is 13.8. The van der Waals surface area contributed by atoms with E-state index in [0.717, 1.165) is 0 Å². The fourth-order valence-electron chi connectivity index (χ4n) is 6.43. The van der Waals surface area contributed by atoms with E-state index in [1.54, 1.807) is 4.90 Å². The first-order chi connectivity index (χ1) is 23.2. The minimum Gasteiger partial charge on any atom is -0.447 e. The summed E-state index contributed by atoms with van der Waals surface area (Å²) in [6.07, 6.45) is -4.64. The van der Waals surface area contributed by atoms with Crippen LogP contribution in [0, 0.1) is 0 Å². The molecule has 3 aliphatic heterocycles. The summed E-state index contributed by atoms with van der Waals surface area (Å²) in [7, 11) is 0. The van der Waals surface area contributed by atoms with Crippen LogP contribution in [0.3, 0.4) is 0 Å². The van der Waals surface area contributed by atoms with Crippen molar-refractivity contribution in [3.63, 3.8) is 0 Å². The van der Waals surface area contributed by atoms with E-state index < -0.39 is 41.7 Å². The number of hydrogen-bond donors (Lipinski definition) is 1. The monoisotopic (exact) mass is 714 g/mol. The van der Waals surface area contributed by atoms with Crippen LogP contribution >= 0.6 is 11.6 Å². The van der Waals surface area contributed by atoms with Gasteiger partial charge in [-0.1, -0.05) is 18.5 Å². The van der Waals surface area contributed by atoms with E-state index in [0.29, 0.717) is 68.4 Å². The molecule has 11 nitrogen and oxygen atoms in total. The van der Waals surface area contributed by atoms with Gasteiger partial charge in [0.25, 0.3) is 0 Å². The molecule has 3 fully saturated rings. The van der Waals surface area contributed by atoms with Crippen molar-refractivity contribution >= 4 is 41.1 Å². The molecule has 3 aromatic rings. The number of rotatable bonds is 8. The van der Waals surface area contributed by atoms with Gasteiger partial charge < -0.3 is 24.5 Å². The first-order valence-corrected chi connectivity index (χ1v) is 16.1. The largest absolute Gasteiger partial charge is 0.447 e. The minimum atomic E-state index is -5.02. The van der Waals surface area contributed by atoms with Gasteiger partial charge >= 0.3 is 18.4 Å². The summed E-state index contributed by atoms with van der Waals surface area (Å²) >= 11 is 6.63. The van der Waals surface area contributed by atoms with Gasteiger partial charge in [0.05, 0.1) is 54.1 Å². The van der Waals surface area contributed by atoms with Gasteiger partial charge in [0.15, 0.2) is 5.82 Å². The molecule has 0 saturated carbocycles. The number of cyclic esters (lactones) is 1. The molecule has 49 heavy (non-hydrogen) atoms. The molecule has 1 amide bonds. The first-order valence-electron chi connectivity index (χ1n) is 15.7. The predicted molar refractivity (Wildman–Crippen MR) is 168 cm³/mol. The number of hydrogen-bond acceptors (Lipinski definition) is 10. The minimum absolute atomic E-state index is 0.0466. The molecule has 1 N–H and O–H groups in total. The number of alkyl halides is 6. The highest BCUT2D eigenvalue weighted by Gasteiger charge is 2.40. The number of carbonyl (C=O) groups is 1. The Balaban J connectivity index is 1.36. The Kier molecular flexibility index (Phi) is 9.68. The molecule has 3 saturated heterocycles. The molecule has 0 aliphatic carbocycles. The van der Waals surface area contributed by atoms with Crippen LogP contribution < -0.4 is 19.6 Å². The predicted octanol–water partition coefficient (Wildman–Crippen LogP) is 5.94. The Labute approximate surface area is 282 Å². The third kappa shape index (κ3) is 7.56. The van der Waals surface area contributed by atoms with Crippen LogP contribution in [0.15, 0.2) is 36.8 Å². The van der Waals surface area contributed by atoms with Gasteiger partial charge in [0, 0.05) is 32.2 Å². The van der Waals surface area contributed by atoms with Crippen molar-refractivity contribution in [1.82, 2.24) is 19.9 Å². The molecule has 0 radical (unpaired) electrons. The number of carbonyl (C=O) groups excluding carboxylic acids is 1. The number of aliphatic hydroxyl groups excluding tert-OH is 1. The third-order valence-corrected chi connectivity index (χ3v) is 9.26. The van der Waals surface area contributed by atoms with Crippen molar-refractivity contribution in [1.29, 1.82) is 0 Å². The Hall–Kier alpha value is -4.12. The summed E-state index contributed by atoms with van der Waals surface area (Å²) < 4.78 is 87.7. The molecule has 264 valence electrons. The van der Waals surface area contributed by atoms with E-state index >= 15 is 0 Å². The zero-order valence-corrected chi connectivity index (χ0v) is 27.0. The first kappa shape index (κ1) is 34.7. The molecular weight excluding hydrogens is 682 g/mol. The molecule has 5 heterocycles. The highest BCUT2D eigenvalue weighted by molar-refractivity contribution is 6.32. The van der Waals surface area contributed by atoms with Gasteiger partial charge in [-0.25, -0.2) is 19.7 Å². The van der Waals surface area contributed by atoms with E-state index in [9.17, 15) is 36.2 Å². The van der Waals surface area contributed by atoms with Gasteiger partial charge in [0.1, 0.15) is 11.6 Å². The number of ether oxygens (including phenoxy) is 1. The van der Waals surface area contributed by atoms with E-state index in [1.165, 1.54) is 23.5 Å². The van der Waals surface area contributed by atoms with Crippen LogP contribution in [-0.2, 0) is 23.6 Å². The van der Waals surface area contributed by atoms with E-state index in [4.69, 9.17) is 21.3 Å². The number of benzene rings is 1. The zero-order valence-electron chi connectivity index (χ0n) is 26.3. The molecule has 0 spiro atoms. The number of halogens is 7. The highest BCUT2D eigenvalue weighted by atomic mass is 35.5. The lowest BCUT2D eigenvalue weighted by molar-refractivity contribution is -0.143. The molecule has 3 aliphatic rings. The SMILES string of the molecule is CC[C@@H]1C[C@H](N(Cc2cc(C(F)(F)F)cc(C(F)(F)F)c2)c2ncc(N3CCOC3=O)cn2)CN1c1nc(N2CCC(O)CC2)ncc1Cl. The van der Waals surface area contributed by atoms with Crippen molar-refractivity contribution in [2.24, 2.45) is 0 Å². The summed E-state index contributed by atoms with van der Waals surface area (Å²) in [6, 6.07) is 0.822. The van der Waals surface area contributed by atoms with Crippen molar-refractivity contribution < 1.29 is 41.0 Å². The van der Waals surface area contributed by atoms with Gasteiger partial charge in [-0.15, -0.1) is 0 Å². The Morgan fingerprint density at radius 3 is 2.20 bits per heavy atom. The average molecular weight is 715 g/mol. The second-order valence-corrected chi connectivity index (χ2v) is 12.6. The van der Waals surface area contributed by atoms with Gasteiger partial charge in [-0.3, -0.25) is 4.90 Å². The smallest absolute Gasteiger partial charge is 0.416 e. The standard InChI is InChI=1S/C31H33ClF6N8O3/c1-2-21-12-22(17-45(21)26-25(32)15-41-28(42-26)43-5-3-24(47)4-6-43)46(27-39-13-23(14-40-27)44-7-8-49-29(44)48)16-18-9-19(30(33,34)35)11-20(10-18)31(36,37)38/h9-11,13-15,21-22,24,47H,2-8,12,16-17H2,1H3/t21-,22+/m1/s1. The molecule has 1 aromatic carbocycles. The van der Waals surface area contributed by atoms with Gasteiger partial charge in [-0.2, -0.15) is 31.3 Å². The molecule has 0 bridgehead atoms. The van der Waals surface area contributed by atoms with Crippen molar-refractivity contribution in [3.05, 3.63) is 58.5 Å². The normalized spacial score (nSPS) is 20.7. The summed E-state index contributed by atoms with van der Waals surface area (Å²) in [5, 5.41) is 10.2. The Bertz CT molecular complexity index is 1620. The fraction of sp³-hybridized carbons (Fsp3) is 0.516. The van der Waals surface area contributed by atoms with Gasteiger partial charge in [0.2, 0.25) is 11.9 Å². The molecule has 0 unspecified atom stereocenters. The fourth-order valence-corrected chi connectivity index (χ4v) is 6.63. The summed E-state index contributed by atoms with van der Waals surface area (Å²) in [5.74, 6) is 0.920. The van der Waals surface area contributed by atoms with E-state index in [2.05, 4.69) is 15.0 Å². The van der Waals surface area contributed by atoms with Crippen molar-refractivity contribution in [3.8, 4) is 0 Å². The number of piperidine rings is 1. The molecule has 6 rings (SSSR count).